The number of ether oxygens (including phenoxy) is 1. The molecule has 0 radical (unpaired) electrons. The van der Waals surface area contributed by atoms with E-state index in [1.165, 1.54) is 13.2 Å². The van der Waals surface area contributed by atoms with E-state index in [9.17, 15) is 9.59 Å². The van der Waals surface area contributed by atoms with Crippen molar-refractivity contribution < 1.29 is 13.9 Å². The third kappa shape index (κ3) is 2.39. The first kappa shape index (κ1) is 11.1. The number of nitrogens with zero attached hydrogens (tertiary/aromatic N) is 1. The molecule has 86 valence electrons. The maximum atomic E-state index is 11.5. The summed E-state index contributed by atoms with van der Waals surface area (Å²) in [6.45, 7) is 0. The van der Waals surface area contributed by atoms with Gasteiger partial charge in [0.15, 0.2) is 5.58 Å². The highest BCUT2D eigenvalue weighted by Gasteiger charge is 2.04. The maximum absolute atomic E-state index is 11.5. The molecule has 0 aliphatic carbocycles. The molecule has 5 heteroatoms. The number of carbonyl (C=O) groups is 1. The fourth-order valence-electron chi connectivity index (χ4n) is 1.28. The monoisotopic (exact) mass is 231 g/mol. The van der Waals surface area contributed by atoms with Gasteiger partial charge in [-0.3, -0.25) is 0 Å². The van der Waals surface area contributed by atoms with Gasteiger partial charge in [-0.15, -0.1) is 0 Å². The highest BCUT2D eigenvalue weighted by molar-refractivity contribution is 5.86. The molecule has 0 N–H and O–H groups in total. The predicted molar refractivity (Wildman–Crippen MR) is 61.3 cm³/mol. The molecule has 1 aromatic heterocycles. The Morgan fingerprint density at radius 1 is 1.41 bits per heavy atom. The Bertz CT molecular complexity index is 642. The number of benzene rings is 1. The van der Waals surface area contributed by atoms with Crippen molar-refractivity contribution >= 4 is 23.1 Å². The van der Waals surface area contributed by atoms with Gasteiger partial charge in [0.1, 0.15) is 11.2 Å². The molecular formula is C12H9NO4. The number of methoxy groups -OCH3 is 1. The first-order valence-electron chi connectivity index (χ1n) is 4.86. The highest BCUT2D eigenvalue weighted by atomic mass is 16.5. The smallest absolute Gasteiger partial charge is 0.362 e. The molecule has 2 aromatic rings. The van der Waals surface area contributed by atoms with Crippen LogP contribution in [0.2, 0.25) is 0 Å². The van der Waals surface area contributed by atoms with Gasteiger partial charge in [0.25, 0.3) is 0 Å². The van der Waals surface area contributed by atoms with Crippen LogP contribution in [0.4, 0.5) is 0 Å². The van der Waals surface area contributed by atoms with Crippen molar-refractivity contribution in [3.63, 3.8) is 0 Å². The molecular weight excluding hydrogens is 222 g/mol. The number of rotatable bonds is 2. The fourth-order valence-corrected chi connectivity index (χ4v) is 1.28. The van der Waals surface area contributed by atoms with E-state index in [0.717, 1.165) is 6.08 Å². The number of para-hydroxylation sites is 2. The normalized spacial score (nSPS) is 10.9. The largest absolute Gasteiger partial charge is 0.466 e. The number of esters is 1. The van der Waals surface area contributed by atoms with Crippen LogP contribution < -0.4 is 5.63 Å². The topological polar surface area (TPSA) is 69.4 Å². The average molecular weight is 231 g/mol. The second-order valence-corrected chi connectivity index (χ2v) is 3.21. The van der Waals surface area contributed by atoms with Gasteiger partial charge in [-0.05, 0) is 18.2 Å². The Kier molecular flexibility index (Phi) is 3.00. The molecule has 0 aliphatic rings. The first-order valence-corrected chi connectivity index (χ1v) is 4.86. The van der Waals surface area contributed by atoms with Gasteiger partial charge in [-0.2, -0.15) is 0 Å². The van der Waals surface area contributed by atoms with E-state index >= 15 is 0 Å². The molecule has 0 bridgehead atoms. The minimum absolute atomic E-state index is 0.0640. The lowest BCUT2D eigenvalue weighted by molar-refractivity contribution is -0.134. The van der Waals surface area contributed by atoms with E-state index < -0.39 is 11.6 Å². The van der Waals surface area contributed by atoms with E-state index in [-0.39, 0.29) is 5.69 Å². The van der Waals surface area contributed by atoms with Crippen LogP contribution in [0.15, 0.2) is 39.6 Å². The van der Waals surface area contributed by atoms with Crippen LogP contribution in [0.25, 0.3) is 17.2 Å². The quantitative estimate of drug-likeness (QED) is 0.576. The van der Waals surface area contributed by atoms with Crippen LogP contribution in [-0.4, -0.2) is 18.1 Å². The molecule has 0 fully saturated rings. The van der Waals surface area contributed by atoms with Crippen molar-refractivity contribution in [3.8, 4) is 0 Å². The van der Waals surface area contributed by atoms with Crippen LogP contribution >= 0.6 is 0 Å². The third-order valence-corrected chi connectivity index (χ3v) is 2.10. The van der Waals surface area contributed by atoms with Gasteiger partial charge in [0.05, 0.1) is 7.11 Å². The molecule has 0 saturated carbocycles. The maximum Gasteiger partial charge on any atom is 0.362 e. The Morgan fingerprint density at radius 3 is 2.94 bits per heavy atom. The first-order chi connectivity index (χ1) is 8.20. The van der Waals surface area contributed by atoms with Crippen molar-refractivity contribution in [1.29, 1.82) is 0 Å². The summed E-state index contributed by atoms with van der Waals surface area (Å²) in [4.78, 5) is 26.5. The summed E-state index contributed by atoms with van der Waals surface area (Å²) in [6, 6.07) is 6.89. The second kappa shape index (κ2) is 4.61. The van der Waals surface area contributed by atoms with Crippen molar-refractivity contribution in [3.05, 3.63) is 46.5 Å². The molecule has 0 saturated heterocycles. The zero-order valence-corrected chi connectivity index (χ0v) is 9.04. The molecule has 2 rings (SSSR count). The van der Waals surface area contributed by atoms with E-state index in [1.54, 1.807) is 24.3 Å². The summed E-state index contributed by atoms with van der Waals surface area (Å²) < 4.78 is 9.45. The average Bonchev–Trinajstić information content (AvgIpc) is 2.35. The molecule has 1 heterocycles. The summed E-state index contributed by atoms with van der Waals surface area (Å²) in [5.41, 5.74) is 0.433. The zero-order chi connectivity index (χ0) is 12.3. The van der Waals surface area contributed by atoms with E-state index in [1.807, 2.05) is 0 Å². The van der Waals surface area contributed by atoms with Crippen LogP contribution in [0.1, 0.15) is 5.69 Å². The molecule has 0 amide bonds. The lowest BCUT2D eigenvalue weighted by Gasteiger charge is -1.96. The van der Waals surface area contributed by atoms with E-state index in [4.69, 9.17) is 4.42 Å². The van der Waals surface area contributed by atoms with Gasteiger partial charge < -0.3 is 9.15 Å². The standard InChI is InChI=1S/C12H9NO4/c1-16-11(14)7-6-9-12(15)17-10-5-3-2-4-8(10)13-9/h2-7H,1H3/b7-6+. The minimum atomic E-state index is -0.594. The van der Waals surface area contributed by atoms with Crippen molar-refractivity contribution in [2.45, 2.75) is 0 Å². The number of carbonyl (C=O) groups excluding carboxylic acids is 1. The molecule has 0 unspecified atom stereocenters. The lowest BCUT2D eigenvalue weighted by Crippen LogP contribution is -2.06. The Balaban J connectivity index is 2.48. The van der Waals surface area contributed by atoms with Crippen molar-refractivity contribution in [2.24, 2.45) is 0 Å². The number of hydrogen-bond acceptors (Lipinski definition) is 5. The third-order valence-electron chi connectivity index (χ3n) is 2.10. The number of fused-ring (bicyclic) bond motifs is 1. The van der Waals surface area contributed by atoms with Crippen molar-refractivity contribution in [1.82, 2.24) is 4.98 Å². The van der Waals surface area contributed by atoms with Gasteiger partial charge in [0.2, 0.25) is 0 Å². The van der Waals surface area contributed by atoms with Crippen LogP contribution in [0.3, 0.4) is 0 Å². The summed E-state index contributed by atoms with van der Waals surface area (Å²) in [5.74, 6) is -0.556. The second-order valence-electron chi connectivity index (χ2n) is 3.21. The molecule has 0 atom stereocenters. The lowest BCUT2D eigenvalue weighted by atomic mass is 10.3. The highest BCUT2D eigenvalue weighted by Crippen LogP contribution is 2.09. The Hall–Kier alpha value is -2.43. The summed E-state index contributed by atoms with van der Waals surface area (Å²) in [6.07, 6.45) is 2.39. The van der Waals surface area contributed by atoms with Gasteiger partial charge in [-0.1, -0.05) is 12.1 Å². The molecule has 5 nitrogen and oxygen atoms in total. The predicted octanol–water partition coefficient (Wildman–Crippen LogP) is 1.37. The molecule has 17 heavy (non-hydrogen) atoms. The molecule has 1 aromatic carbocycles. The van der Waals surface area contributed by atoms with Gasteiger partial charge in [0, 0.05) is 6.08 Å². The van der Waals surface area contributed by atoms with Gasteiger partial charge >= 0.3 is 11.6 Å². The van der Waals surface area contributed by atoms with Crippen molar-refractivity contribution in [2.75, 3.05) is 7.11 Å². The summed E-state index contributed by atoms with van der Waals surface area (Å²) in [5, 5.41) is 0. The summed E-state index contributed by atoms with van der Waals surface area (Å²) in [7, 11) is 1.25. The van der Waals surface area contributed by atoms with E-state index in [2.05, 4.69) is 9.72 Å². The van der Waals surface area contributed by atoms with Crippen LogP contribution in [0.5, 0.6) is 0 Å². The zero-order valence-electron chi connectivity index (χ0n) is 9.04. The SMILES string of the molecule is COC(=O)/C=C/c1nc2ccccc2oc1=O. The van der Waals surface area contributed by atoms with Crippen LogP contribution in [-0.2, 0) is 9.53 Å². The van der Waals surface area contributed by atoms with Crippen LogP contribution in [0, 0.1) is 0 Å². The Labute approximate surface area is 96.3 Å². The molecule has 0 spiro atoms. The van der Waals surface area contributed by atoms with Gasteiger partial charge in [-0.25, -0.2) is 14.6 Å². The fraction of sp³-hybridized carbons (Fsp3) is 0.0833. The minimum Gasteiger partial charge on any atom is -0.466 e. The number of aromatic nitrogens is 1. The summed E-state index contributed by atoms with van der Waals surface area (Å²) >= 11 is 0. The van der Waals surface area contributed by atoms with E-state index in [0.29, 0.717) is 11.1 Å². The molecule has 0 aliphatic heterocycles. The Morgan fingerprint density at radius 2 is 2.18 bits per heavy atom. The number of hydrogen-bond donors (Lipinski definition) is 0.